The maximum Gasteiger partial charge on any atom is 0.335 e. The van der Waals surface area contributed by atoms with E-state index in [-0.39, 0.29) is 0 Å². The molecule has 0 aliphatic heterocycles. The zero-order valence-corrected chi connectivity index (χ0v) is 11.0. The van der Waals surface area contributed by atoms with Crippen LogP contribution in [0.15, 0.2) is 18.2 Å². The summed E-state index contributed by atoms with van der Waals surface area (Å²) in [5.41, 5.74) is 3.22. The summed E-state index contributed by atoms with van der Waals surface area (Å²) in [6, 6.07) is 5.29. The fourth-order valence-electron chi connectivity index (χ4n) is 3.26. The molecule has 0 amide bonds. The van der Waals surface area contributed by atoms with Gasteiger partial charge in [0.05, 0.1) is 5.56 Å². The molecular formula is C15H16BNO2. The monoisotopic (exact) mass is 253 g/mol. The zero-order chi connectivity index (χ0) is 13.6. The van der Waals surface area contributed by atoms with Crippen LogP contribution < -0.4 is 5.59 Å². The molecule has 3 nitrogen and oxygen atoms in total. The highest BCUT2D eigenvalue weighted by Gasteiger charge is 2.23. The fraction of sp³-hybridized carbons (Fsp3) is 0.400. The molecule has 1 aliphatic rings. The molecule has 19 heavy (non-hydrogen) atoms. The molecule has 1 aromatic carbocycles. The summed E-state index contributed by atoms with van der Waals surface area (Å²) >= 11 is 0. The molecule has 3 rings (SSSR count). The Balaban J connectivity index is 2.22. The van der Waals surface area contributed by atoms with Gasteiger partial charge < -0.3 is 9.67 Å². The van der Waals surface area contributed by atoms with E-state index in [2.05, 4.69) is 0 Å². The van der Waals surface area contributed by atoms with Crippen LogP contribution >= 0.6 is 0 Å². The number of aryl methyl sites for hydroxylation is 1. The van der Waals surface area contributed by atoms with Crippen molar-refractivity contribution in [1.29, 1.82) is 0 Å². The van der Waals surface area contributed by atoms with E-state index >= 15 is 0 Å². The third-order valence-corrected chi connectivity index (χ3v) is 4.30. The predicted octanol–water partition coefficient (Wildman–Crippen LogP) is 2.33. The zero-order valence-electron chi connectivity index (χ0n) is 11.0. The van der Waals surface area contributed by atoms with Gasteiger partial charge in [0.15, 0.2) is 0 Å². The SMILES string of the molecule is [B]c1c(C2CCCC2)c2ccc(C(=O)O)cc2n1C. The molecule has 1 N–H and O–H groups in total. The van der Waals surface area contributed by atoms with E-state index in [9.17, 15) is 4.79 Å². The maximum atomic E-state index is 11.1. The molecule has 1 aliphatic carbocycles. The minimum Gasteiger partial charge on any atom is -0.478 e. The molecule has 4 heteroatoms. The molecular weight excluding hydrogens is 237 g/mol. The van der Waals surface area contributed by atoms with Crippen molar-refractivity contribution in [3.63, 3.8) is 0 Å². The number of aromatic nitrogens is 1. The summed E-state index contributed by atoms with van der Waals surface area (Å²) in [5, 5.41) is 10.2. The quantitative estimate of drug-likeness (QED) is 0.834. The van der Waals surface area contributed by atoms with Crippen LogP contribution in [0.3, 0.4) is 0 Å². The lowest BCUT2D eigenvalue weighted by Crippen LogP contribution is -2.18. The number of aromatic carboxylic acids is 1. The van der Waals surface area contributed by atoms with Gasteiger partial charge in [-0.05, 0) is 42.0 Å². The van der Waals surface area contributed by atoms with Gasteiger partial charge in [-0.3, -0.25) is 0 Å². The summed E-state index contributed by atoms with van der Waals surface area (Å²) in [4.78, 5) is 11.1. The summed E-state index contributed by atoms with van der Waals surface area (Å²) in [6.07, 6.45) is 4.88. The van der Waals surface area contributed by atoms with Crippen molar-refractivity contribution in [2.24, 2.45) is 7.05 Å². The Morgan fingerprint density at radius 1 is 1.37 bits per heavy atom. The van der Waals surface area contributed by atoms with E-state index in [1.165, 1.54) is 31.2 Å². The molecule has 0 atom stereocenters. The number of carboxylic acids is 1. The summed E-state index contributed by atoms with van der Waals surface area (Å²) < 4.78 is 1.91. The van der Waals surface area contributed by atoms with Crippen molar-refractivity contribution in [3.8, 4) is 0 Å². The molecule has 1 saturated carbocycles. The number of hydrogen-bond donors (Lipinski definition) is 1. The minimum atomic E-state index is -0.899. The first-order valence-electron chi connectivity index (χ1n) is 6.70. The van der Waals surface area contributed by atoms with E-state index in [0.29, 0.717) is 11.5 Å². The average Bonchev–Trinajstić information content (AvgIpc) is 2.98. The van der Waals surface area contributed by atoms with Crippen molar-refractivity contribution in [2.45, 2.75) is 31.6 Å². The Bertz CT molecular complexity index is 654. The van der Waals surface area contributed by atoms with Crippen LogP contribution in [-0.2, 0) is 7.05 Å². The van der Waals surface area contributed by atoms with Gasteiger partial charge in [-0.25, -0.2) is 4.79 Å². The molecule has 0 unspecified atom stereocenters. The van der Waals surface area contributed by atoms with Crippen molar-refractivity contribution < 1.29 is 9.90 Å². The van der Waals surface area contributed by atoms with Crippen LogP contribution in [-0.4, -0.2) is 23.5 Å². The molecule has 96 valence electrons. The van der Waals surface area contributed by atoms with Crippen molar-refractivity contribution >= 4 is 30.3 Å². The maximum absolute atomic E-state index is 11.1. The van der Waals surface area contributed by atoms with Gasteiger partial charge in [0.25, 0.3) is 0 Å². The number of carbonyl (C=O) groups is 1. The number of rotatable bonds is 2. The molecule has 2 radical (unpaired) electrons. The number of benzene rings is 1. The highest BCUT2D eigenvalue weighted by Crippen LogP contribution is 2.37. The standard InChI is InChI=1S/C15H16BNO2/c1-17-12-8-10(15(18)19)6-7-11(12)13(14(17)16)9-4-2-3-5-9/h6-9H,2-5H2,1H3,(H,18,19). The molecule has 1 aromatic heterocycles. The van der Waals surface area contributed by atoms with Gasteiger partial charge in [-0.2, -0.15) is 0 Å². The largest absolute Gasteiger partial charge is 0.478 e. The van der Waals surface area contributed by atoms with Crippen LogP contribution in [0.25, 0.3) is 10.9 Å². The summed E-state index contributed by atoms with van der Waals surface area (Å²) in [7, 11) is 8.14. The minimum absolute atomic E-state index is 0.311. The van der Waals surface area contributed by atoms with Gasteiger partial charge in [0.2, 0.25) is 0 Å². The van der Waals surface area contributed by atoms with Gasteiger partial charge in [0.1, 0.15) is 7.85 Å². The van der Waals surface area contributed by atoms with E-state index in [1.807, 2.05) is 17.7 Å². The predicted molar refractivity (Wildman–Crippen MR) is 76.5 cm³/mol. The van der Waals surface area contributed by atoms with E-state index in [4.69, 9.17) is 13.0 Å². The highest BCUT2D eigenvalue weighted by molar-refractivity contribution is 6.34. The molecule has 0 saturated heterocycles. The van der Waals surface area contributed by atoms with Crippen molar-refractivity contribution in [1.82, 2.24) is 4.57 Å². The molecule has 1 heterocycles. The van der Waals surface area contributed by atoms with E-state index < -0.39 is 5.97 Å². The molecule has 2 aromatic rings. The second-order valence-electron chi connectivity index (χ2n) is 5.38. The first-order valence-corrected chi connectivity index (χ1v) is 6.70. The Labute approximate surface area is 113 Å². The van der Waals surface area contributed by atoms with Crippen molar-refractivity contribution in [2.75, 3.05) is 0 Å². The Morgan fingerprint density at radius 2 is 2.05 bits per heavy atom. The number of nitrogens with zero attached hydrogens (tertiary/aromatic N) is 1. The van der Waals surface area contributed by atoms with E-state index in [0.717, 1.165) is 16.5 Å². The third-order valence-electron chi connectivity index (χ3n) is 4.30. The van der Waals surface area contributed by atoms with Crippen LogP contribution in [0.2, 0.25) is 0 Å². The lowest BCUT2D eigenvalue weighted by molar-refractivity contribution is 0.0697. The van der Waals surface area contributed by atoms with Crippen LogP contribution in [0.4, 0.5) is 0 Å². The number of fused-ring (bicyclic) bond motifs is 1. The summed E-state index contributed by atoms with van der Waals surface area (Å²) in [5.74, 6) is -0.372. The lowest BCUT2D eigenvalue weighted by atomic mass is 9.87. The van der Waals surface area contributed by atoms with Gasteiger partial charge >= 0.3 is 5.97 Å². The lowest BCUT2D eigenvalue weighted by Gasteiger charge is -2.10. The van der Waals surface area contributed by atoms with Crippen LogP contribution in [0, 0.1) is 0 Å². The first-order chi connectivity index (χ1) is 9.09. The van der Waals surface area contributed by atoms with Gasteiger partial charge in [-0.1, -0.05) is 18.9 Å². The fourth-order valence-corrected chi connectivity index (χ4v) is 3.26. The van der Waals surface area contributed by atoms with Gasteiger partial charge in [-0.15, -0.1) is 0 Å². The molecule has 0 spiro atoms. The highest BCUT2D eigenvalue weighted by atomic mass is 16.4. The van der Waals surface area contributed by atoms with Crippen molar-refractivity contribution in [3.05, 3.63) is 29.3 Å². The Kier molecular flexibility index (Phi) is 2.88. The Hall–Kier alpha value is -1.71. The normalized spacial score (nSPS) is 16.3. The topological polar surface area (TPSA) is 42.2 Å². The van der Waals surface area contributed by atoms with Crippen LogP contribution in [0.5, 0.6) is 0 Å². The smallest absolute Gasteiger partial charge is 0.335 e. The third kappa shape index (κ3) is 1.86. The molecule has 0 bridgehead atoms. The molecule has 1 fully saturated rings. The summed E-state index contributed by atoms with van der Waals surface area (Å²) in [6.45, 7) is 0. The second-order valence-corrected chi connectivity index (χ2v) is 5.38. The number of carboxylic acid groups (broad SMARTS) is 1. The second kappa shape index (κ2) is 4.44. The van der Waals surface area contributed by atoms with Crippen LogP contribution in [0.1, 0.15) is 47.5 Å². The first kappa shape index (κ1) is 12.3. The Morgan fingerprint density at radius 3 is 2.68 bits per heavy atom. The number of hydrogen-bond acceptors (Lipinski definition) is 1. The van der Waals surface area contributed by atoms with Gasteiger partial charge in [0, 0.05) is 18.0 Å². The van der Waals surface area contributed by atoms with E-state index in [1.54, 1.807) is 12.1 Å². The average molecular weight is 253 g/mol.